The van der Waals surface area contributed by atoms with Crippen LogP contribution < -0.4 is 5.32 Å². The number of hydrogen-bond acceptors (Lipinski definition) is 1. The van der Waals surface area contributed by atoms with Gasteiger partial charge in [0.2, 0.25) is 0 Å². The molecule has 1 heteroatoms. The first kappa shape index (κ1) is 9.26. The van der Waals surface area contributed by atoms with Crippen LogP contribution in [-0.4, -0.2) is 13.1 Å². The van der Waals surface area contributed by atoms with Crippen molar-refractivity contribution < 1.29 is 0 Å². The first-order valence-corrected chi connectivity index (χ1v) is 3.56. The first-order chi connectivity index (χ1) is 4.77. The highest BCUT2D eigenvalue weighted by atomic mass is 14.8. The molecule has 0 aliphatic carbocycles. The molecule has 0 fully saturated rings. The van der Waals surface area contributed by atoms with Crippen LogP contribution in [0.4, 0.5) is 0 Å². The molecule has 0 spiro atoms. The van der Waals surface area contributed by atoms with Gasteiger partial charge in [-0.25, -0.2) is 0 Å². The molecule has 10 heavy (non-hydrogen) atoms. The van der Waals surface area contributed by atoms with Gasteiger partial charge in [0.05, 0.1) is 0 Å². The van der Waals surface area contributed by atoms with Crippen LogP contribution in [0.15, 0.2) is 12.2 Å². The van der Waals surface area contributed by atoms with Crippen molar-refractivity contribution in [2.75, 3.05) is 13.1 Å². The fourth-order valence-electron chi connectivity index (χ4n) is 0.587. The summed E-state index contributed by atoms with van der Waals surface area (Å²) in [5.41, 5.74) is 1.22. The highest BCUT2D eigenvalue weighted by Crippen LogP contribution is 1.91. The molecule has 0 radical (unpaired) electrons. The summed E-state index contributed by atoms with van der Waals surface area (Å²) in [5.74, 6) is 2.57. The van der Waals surface area contributed by atoms with Gasteiger partial charge in [-0.3, -0.25) is 0 Å². The number of terminal acetylenes is 1. The zero-order chi connectivity index (χ0) is 7.82. The smallest absolute Gasteiger partial charge is 0.0211 e. The monoisotopic (exact) mass is 137 g/mol. The van der Waals surface area contributed by atoms with Gasteiger partial charge in [0.1, 0.15) is 0 Å². The number of nitrogens with one attached hydrogen (secondary N) is 1. The molecule has 0 atom stereocenters. The predicted molar refractivity (Wildman–Crippen MR) is 45.8 cm³/mol. The van der Waals surface area contributed by atoms with E-state index in [0.717, 1.165) is 25.9 Å². The van der Waals surface area contributed by atoms with Crippen LogP contribution >= 0.6 is 0 Å². The molecular weight excluding hydrogens is 122 g/mol. The van der Waals surface area contributed by atoms with E-state index >= 15 is 0 Å². The third-order valence-electron chi connectivity index (χ3n) is 1.17. The largest absolute Gasteiger partial charge is 0.315 e. The standard InChI is InChI=1S/C9H15N/c1-4-5-7-10-8-6-9(2)3/h1,10H,2,5-8H2,3H3. The van der Waals surface area contributed by atoms with Gasteiger partial charge < -0.3 is 5.32 Å². The summed E-state index contributed by atoms with van der Waals surface area (Å²) in [5, 5.41) is 3.21. The molecule has 0 saturated carbocycles. The molecule has 0 aliphatic heterocycles. The Labute approximate surface area is 63.5 Å². The summed E-state index contributed by atoms with van der Waals surface area (Å²) in [4.78, 5) is 0. The topological polar surface area (TPSA) is 12.0 Å². The second kappa shape index (κ2) is 6.38. The average Bonchev–Trinajstić information content (AvgIpc) is 1.87. The Hall–Kier alpha value is -0.740. The molecule has 0 saturated heterocycles. The van der Waals surface area contributed by atoms with Crippen LogP contribution in [0.25, 0.3) is 0 Å². The van der Waals surface area contributed by atoms with Crippen molar-refractivity contribution in [3.05, 3.63) is 12.2 Å². The fourth-order valence-corrected chi connectivity index (χ4v) is 0.587. The van der Waals surface area contributed by atoms with E-state index < -0.39 is 0 Å². The van der Waals surface area contributed by atoms with E-state index in [4.69, 9.17) is 6.42 Å². The van der Waals surface area contributed by atoms with Crippen LogP contribution in [0.1, 0.15) is 19.8 Å². The van der Waals surface area contributed by atoms with Crippen molar-refractivity contribution in [3.8, 4) is 12.3 Å². The van der Waals surface area contributed by atoms with Crippen LogP contribution in [-0.2, 0) is 0 Å². The van der Waals surface area contributed by atoms with E-state index in [2.05, 4.69) is 17.8 Å². The van der Waals surface area contributed by atoms with Crippen molar-refractivity contribution in [2.45, 2.75) is 19.8 Å². The summed E-state index contributed by atoms with van der Waals surface area (Å²) in [6, 6.07) is 0. The van der Waals surface area contributed by atoms with Crippen LogP contribution in [0.3, 0.4) is 0 Å². The Bertz CT molecular complexity index is 130. The SMILES string of the molecule is C#CCCNCCC(=C)C. The van der Waals surface area contributed by atoms with E-state index in [1.807, 2.05) is 6.92 Å². The summed E-state index contributed by atoms with van der Waals surface area (Å²) in [6.45, 7) is 7.74. The van der Waals surface area contributed by atoms with Crippen molar-refractivity contribution in [1.29, 1.82) is 0 Å². The molecule has 0 aliphatic rings. The van der Waals surface area contributed by atoms with Gasteiger partial charge in [-0.15, -0.1) is 18.9 Å². The van der Waals surface area contributed by atoms with Crippen molar-refractivity contribution in [3.63, 3.8) is 0 Å². The van der Waals surface area contributed by atoms with Gasteiger partial charge in [0.25, 0.3) is 0 Å². The maximum atomic E-state index is 5.06. The molecule has 0 aromatic heterocycles. The predicted octanol–water partition coefficient (Wildman–Crippen LogP) is 1.57. The highest BCUT2D eigenvalue weighted by Gasteiger charge is 1.85. The Morgan fingerprint density at radius 1 is 1.60 bits per heavy atom. The van der Waals surface area contributed by atoms with Crippen LogP contribution in [0.2, 0.25) is 0 Å². The second-order valence-corrected chi connectivity index (χ2v) is 2.41. The molecule has 0 amide bonds. The number of rotatable bonds is 5. The second-order valence-electron chi connectivity index (χ2n) is 2.41. The van der Waals surface area contributed by atoms with Crippen molar-refractivity contribution in [2.24, 2.45) is 0 Å². The van der Waals surface area contributed by atoms with Gasteiger partial charge in [0.15, 0.2) is 0 Å². The number of hydrogen-bond donors (Lipinski definition) is 1. The van der Waals surface area contributed by atoms with Gasteiger partial charge >= 0.3 is 0 Å². The van der Waals surface area contributed by atoms with E-state index in [1.165, 1.54) is 5.57 Å². The molecule has 0 aromatic rings. The molecule has 1 N–H and O–H groups in total. The third-order valence-corrected chi connectivity index (χ3v) is 1.17. The maximum absolute atomic E-state index is 5.06. The highest BCUT2D eigenvalue weighted by molar-refractivity contribution is 4.89. The fraction of sp³-hybridized carbons (Fsp3) is 0.556. The molecule has 0 bridgehead atoms. The molecule has 1 nitrogen and oxygen atoms in total. The Morgan fingerprint density at radius 2 is 2.30 bits per heavy atom. The summed E-state index contributed by atoms with van der Waals surface area (Å²) >= 11 is 0. The lowest BCUT2D eigenvalue weighted by Crippen LogP contribution is -2.16. The Kier molecular flexibility index (Phi) is 5.91. The average molecular weight is 137 g/mol. The normalized spacial score (nSPS) is 8.80. The molecule has 0 rings (SSSR count). The lowest BCUT2D eigenvalue weighted by atomic mass is 10.2. The van der Waals surface area contributed by atoms with Crippen molar-refractivity contribution >= 4 is 0 Å². The van der Waals surface area contributed by atoms with E-state index in [0.29, 0.717) is 0 Å². The van der Waals surface area contributed by atoms with E-state index in [-0.39, 0.29) is 0 Å². The third kappa shape index (κ3) is 7.26. The van der Waals surface area contributed by atoms with Crippen LogP contribution in [0, 0.1) is 12.3 Å². The zero-order valence-corrected chi connectivity index (χ0v) is 6.61. The van der Waals surface area contributed by atoms with Crippen LogP contribution in [0.5, 0.6) is 0 Å². The van der Waals surface area contributed by atoms with E-state index in [9.17, 15) is 0 Å². The summed E-state index contributed by atoms with van der Waals surface area (Å²) < 4.78 is 0. The molecule has 0 unspecified atom stereocenters. The van der Waals surface area contributed by atoms with Gasteiger partial charge in [-0.2, -0.15) is 0 Å². The lowest BCUT2D eigenvalue weighted by molar-refractivity contribution is 0.692. The maximum Gasteiger partial charge on any atom is 0.0211 e. The Morgan fingerprint density at radius 3 is 2.80 bits per heavy atom. The first-order valence-electron chi connectivity index (χ1n) is 3.56. The van der Waals surface area contributed by atoms with Gasteiger partial charge in [0, 0.05) is 13.0 Å². The Balaban J connectivity index is 2.92. The van der Waals surface area contributed by atoms with Gasteiger partial charge in [-0.05, 0) is 19.9 Å². The minimum absolute atomic E-state index is 0.816. The summed E-state index contributed by atoms with van der Waals surface area (Å²) in [6.07, 6.45) is 6.92. The van der Waals surface area contributed by atoms with Crippen molar-refractivity contribution in [1.82, 2.24) is 5.32 Å². The minimum Gasteiger partial charge on any atom is -0.315 e. The molecular formula is C9H15N. The lowest BCUT2D eigenvalue weighted by Gasteiger charge is -2.00. The quantitative estimate of drug-likeness (QED) is 0.344. The van der Waals surface area contributed by atoms with Gasteiger partial charge in [-0.1, -0.05) is 5.57 Å². The molecule has 56 valence electrons. The van der Waals surface area contributed by atoms with E-state index in [1.54, 1.807) is 0 Å². The molecule has 0 heterocycles. The zero-order valence-electron chi connectivity index (χ0n) is 6.61. The molecule has 0 aromatic carbocycles. The minimum atomic E-state index is 0.816. The summed E-state index contributed by atoms with van der Waals surface area (Å²) in [7, 11) is 0.